The molecule has 0 saturated heterocycles. The summed E-state index contributed by atoms with van der Waals surface area (Å²) in [6.07, 6.45) is 6.18. The summed E-state index contributed by atoms with van der Waals surface area (Å²) in [5.41, 5.74) is 9.22. The molecule has 0 bridgehead atoms. The maximum Gasteiger partial charge on any atom is 0.0519 e. The zero-order valence-electron chi connectivity index (χ0n) is 15.4. The molecule has 1 heteroatoms. The number of allylic oxidation sites excluding steroid dienone is 6. The Labute approximate surface area is 147 Å². The van der Waals surface area contributed by atoms with Gasteiger partial charge in [0.2, 0.25) is 0 Å². The molecule has 0 aliphatic carbocycles. The highest BCUT2D eigenvalue weighted by Gasteiger charge is 2.17. The van der Waals surface area contributed by atoms with Crippen molar-refractivity contribution >= 4 is 17.2 Å². The van der Waals surface area contributed by atoms with E-state index in [0.717, 1.165) is 45.7 Å². The van der Waals surface area contributed by atoms with E-state index in [4.69, 9.17) is 11.6 Å². The fraction of sp³-hybridized carbons (Fsp3) is 0.364. The van der Waals surface area contributed by atoms with Gasteiger partial charge in [0.15, 0.2) is 0 Å². The van der Waals surface area contributed by atoms with Gasteiger partial charge in [-0.1, -0.05) is 61.9 Å². The van der Waals surface area contributed by atoms with Crippen LogP contribution in [0.2, 0.25) is 5.02 Å². The van der Waals surface area contributed by atoms with Crippen LogP contribution in [0, 0.1) is 6.92 Å². The van der Waals surface area contributed by atoms with Gasteiger partial charge in [-0.05, 0) is 74.4 Å². The fourth-order valence-corrected chi connectivity index (χ4v) is 3.26. The molecule has 1 aromatic rings. The molecule has 0 radical (unpaired) electrons. The third-order valence-corrected chi connectivity index (χ3v) is 4.73. The number of hydrogen-bond acceptors (Lipinski definition) is 0. The van der Waals surface area contributed by atoms with E-state index in [1.807, 2.05) is 20.8 Å². The maximum atomic E-state index is 6.76. The molecule has 0 fully saturated rings. The Kier molecular flexibility index (Phi) is 7.09. The van der Waals surface area contributed by atoms with Crippen LogP contribution < -0.4 is 0 Å². The fourth-order valence-electron chi connectivity index (χ4n) is 2.83. The molecule has 0 atom stereocenters. The third-order valence-electron chi connectivity index (χ3n) is 4.30. The predicted octanol–water partition coefficient (Wildman–Crippen LogP) is 7.26. The van der Waals surface area contributed by atoms with Crippen molar-refractivity contribution in [2.24, 2.45) is 0 Å². The van der Waals surface area contributed by atoms with Crippen LogP contribution in [0.4, 0.5) is 0 Å². The zero-order chi connectivity index (χ0) is 17.7. The lowest BCUT2D eigenvalue weighted by Crippen LogP contribution is -2.01. The largest absolute Gasteiger partial charge is 0.0955 e. The van der Waals surface area contributed by atoms with Gasteiger partial charge in [0.25, 0.3) is 0 Å². The molecule has 0 amide bonds. The Morgan fingerprint density at radius 3 is 2.04 bits per heavy atom. The summed E-state index contributed by atoms with van der Waals surface area (Å²) in [4.78, 5) is 0. The Balaban J connectivity index is 3.78. The molecule has 1 rings (SSSR count). The lowest BCUT2D eigenvalue weighted by Gasteiger charge is -2.19. The summed E-state index contributed by atoms with van der Waals surface area (Å²) in [6.45, 7) is 20.8. The van der Waals surface area contributed by atoms with Crippen molar-refractivity contribution in [3.05, 3.63) is 75.4 Å². The molecule has 1 aromatic carbocycles. The first-order chi connectivity index (χ1) is 10.8. The highest BCUT2D eigenvalue weighted by Crippen LogP contribution is 2.37. The van der Waals surface area contributed by atoms with Gasteiger partial charge in [-0.25, -0.2) is 0 Å². The van der Waals surface area contributed by atoms with Crippen LogP contribution in [-0.4, -0.2) is 0 Å². The van der Waals surface area contributed by atoms with Gasteiger partial charge in [0, 0.05) is 5.56 Å². The monoisotopic (exact) mass is 328 g/mol. The van der Waals surface area contributed by atoms with Crippen molar-refractivity contribution in [1.82, 2.24) is 0 Å². The van der Waals surface area contributed by atoms with E-state index >= 15 is 0 Å². The molecule has 0 aliphatic rings. The second-order valence-corrected chi connectivity index (χ2v) is 6.46. The number of aryl methyl sites for hydroxylation is 2. The van der Waals surface area contributed by atoms with Gasteiger partial charge in [-0.2, -0.15) is 0 Å². The van der Waals surface area contributed by atoms with E-state index in [1.165, 1.54) is 16.7 Å². The summed E-state index contributed by atoms with van der Waals surface area (Å²) < 4.78 is 0. The normalized spacial score (nSPS) is 12.5. The van der Waals surface area contributed by atoms with E-state index in [2.05, 4.69) is 52.1 Å². The van der Waals surface area contributed by atoms with Crippen LogP contribution in [-0.2, 0) is 12.8 Å². The minimum absolute atomic E-state index is 0.855. The number of rotatable bonds is 6. The van der Waals surface area contributed by atoms with Crippen LogP contribution in [0.3, 0.4) is 0 Å². The summed E-state index contributed by atoms with van der Waals surface area (Å²) in [5, 5.41) is 0.855. The Hall–Kier alpha value is -1.53. The number of hydrogen-bond donors (Lipinski definition) is 0. The van der Waals surface area contributed by atoms with Gasteiger partial charge < -0.3 is 0 Å². The van der Waals surface area contributed by atoms with Gasteiger partial charge in [0.1, 0.15) is 0 Å². The van der Waals surface area contributed by atoms with Crippen LogP contribution in [0.15, 0.2) is 48.1 Å². The van der Waals surface area contributed by atoms with Crippen molar-refractivity contribution in [3.8, 4) is 0 Å². The lowest BCUT2D eigenvalue weighted by molar-refractivity contribution is 1.06. The molecular weight excluding hydrogens is 300 g/mol. The topological polar surface area (TPSA) is 0 Å². The van der Waals surface area contributed by atoms with Crippen LogP contribution in [0.25, 0.3) is 5.57 Å². The number of benzene rings is 1. The van der Waals surface area contributed by atoms with Crippen molar-refractivity contribution in [2.75, 3.05) is 0 Å². The van der Waals surface area contributed by atoms with Gasteiger partial charge in [-0.15, -0.1) is 0 Å². The van der Waals surface area contributed by atoms with Gasteiger partial charge >= 0.3 is 0 Å². The second-order valence-electron chi connectivity index (χ2n) is 6.08. The summed E-state index contributed by atoms with van der Waals surface area (Å²) >= 11 is 6.76. The third kappa shape index (κ3) is 4.26. The van der Waals surface area contributed by atoms with Crippen molar-refractivity contribution < 1.29 is 0 Å². The average Bonchev–Trinajstić information content (AvgIpc) is 2.50. The molecular formula is C22H29Cl. The Morgan fingerprint density at radius 1 is 1.09 bits per heavy atom. The molecule has 0 unspecified atom stereocenters. The Bertz CT molecular complexity index is 656. The molecule has 0 aromatic heterocycles. The van der Waals surface area contributed by atoms with Crippen LogP contribution >= 0.6 is 11.6 Å². The standard InChI is InChI=1S/C22H29Cl/c1-9-17(14(4)5)13-20(15(6)7)21-16(8)18(10-2)12-19(11-3)22(21)23/h9,12-13H,4,6,10-11H2,1-3,5,7-8H3/b17-9-,20-13+. The smallest absolute Gasteiger partial charge is 0.0519 e. The minimum Gasteiger partial charge on any atom is -0.0955 e. The number of halogens is 1. The summed E-state index contributed by atoms with van der Waals surface area (Å²) in [5.74, 6) is 0. The highest BCUT2D eigenvalue weighted by molar-refractivity contribution is 6.33. The molecule has 0 saturated carbocycles. The van der Waals surface area contributed by atoms with E-state index < -0.39 is 0 Å². The second kappa shape index (κ2) is 8.36. The van der Waals surface area contributed by atoms with E-state index in [-0.39, 0.29) is 0 Å². The summed E-state index contributed by atoms with van der Waals surface area (Å²) in [7, 11) is 0. The SMILES string of the molecule is C=C(C)C(=C\C)/C=C(\C(=C)C)c1c(C)c(CC)cc(CC)c1Cl. The van der Waals surface area contributed by atoms with Crippen molar-refractivity contribution in [1.29, 1.82) is 0 Å². The lowest BCUT2D eigenvalue weighted by atomic mass is 9.87. The molecule has 124 valence electrons. The molecule has 0 spiro atoms. The highest BCUT2D eigenvalue weighted by atomic mass is 35.5. The van der Waals surface area contributed by atoms with E-state index in [9.17, 15) is 0 Å². The van der Waals surface area contributed by atoms with Gasteiger partial charge in [-0.3, -0.25) is 0 Å². The average molecular weight is 329 g/mol. The first-order valence-corrected chi connectivity index (χ1v) is 8.67. The maximum absolute atomic E-state index is 6.76. The van der Waals surface area contributed by atoms with E-state index in [1.54, 1.807) is 0 Å². The first kappa shape index (κ1) is 19.5. The van der Waals surface area contributed by atoms with Crippen molar-refractivity contribution in [3.63, 3.8) is 0 Å². The quantitative estimate of drug-likeness (QED) is 0.482. The molecule has 0 nitrogen and oxygen atoms in total. The van der Waals surface area contributed by atoms with E-state index in [0.29, 0.717) is 0 Å². The molecule has 23 heavy (non-hydrogen) atoms. The zero-order valence-corrected chi connectivity index (χ0v) is 16.2. The van der Waals surface area contributed by atoms with Gasteiger partial charge in [0.05, 0.1) is 5.02 Å². The predicted molar refractivity (Wildman–Crippen MR) is 106 cm³/mol. The van der Waals surface area contributed by atoms with Crippen molar-refractivity contribution in [2.45, 2.75) is 54.4 Å². The molecule has 0 aliphatic heterocycles. The molecule has 0 N–H and O–H groups in total. The summed E-state index contributed by atoms with van der Waals surface area (Å²) in [6, 6.07) is 2.24. The first-order valence-electron chi connectivity index (χ1n) is 8.29. The van der Waals surface area contributed by atoms with Crippen LogP contribution in [0.5, 0.6) is 0 Å². The molecule has 0 heterocycles. The Morgan fingerprint density at radius 2 is 1.65 bits per heavy atom. The van der Waals surface area contributed by atoms with Crippen LogP contribution in [0.1, 0.15) is 56.9 Å². The minimum atomic E-state index is 0.855.